The van der Waals surface area contributed by atoms with Crippen molar-refractivity contribution < 1.29 is 9.21 Å². The molecule has 1 amide bonds. The van der Waals surface area contributed by atoms with Gasteiger partial charge in [0.15, 0.2) is 0 Å². The van der Waals surface area contributed by atoms with Crippen LogP contribution in [0.1, 0.15) is 16.1 Å². The fraction of sp³-hybridized carbons (Fsp3) is 0.0526. The second-order valence-corrected chi connectivity index (χ2v) is 5.52. The van der Waals surface area contributed by atoms with Crippen LogP contribution in [0.2, 0.25) is 0 Å². The predicted molar refractivity (Wildman–Crippen MR) is 92.9 cm³/mol. The van der Waals surface area contributed by atoms with Crippen LogP contribution in [0.3, 0.4) is 0 Å². The number of amides is 1. The zero-order valence-electron chi connectivity index (χ0n) is 13.0. The first kappa shape index (κ1) is 14.3. The summed E-state index contributed by atoms with van der Waals surface area (Å²) in [5.41, 5.74) is 4.15. The fourth-order valence-electron chi connectivity index (χ4n) is 2.62. The summed E-state index contributed by atoms with van der Waals surface area (Å²) in [5, 5.41) is 2.86. The third kappa shape index (κ3) is 2.56. The number of aryl methyl sites for hydroxylation is 1. The lowest BCUT2D eigenvalue weighted by Crippen LogP contribution is -2.11. The number of nitrogens with one attached hydrogen (secondary N) is 2. The van der Waals surface area contributed by atoms with Crippen LogP contribution in [0, 0.1) is 6.92 Å². The maximum atomic E-state index is 12.2. The number of benzene rings is 2. The van der Waals surface area contributed by atoms with Crippen molar-refractivity contribution in [3.63, 3.8) is 0 Å². The lowest BCUT2D eigenvalue weighted by molar-refractivity contribution is 0.102. The first-order chi connectivity index (χ1) is 11.7. The zero-order valence-corrected chi connectivity index (χ0v) is 13.0. The predicted octanol–water partition coefficient (Wildman–Crippen LogP) is 4.38. The summed E-state index contributed by atoms with van der Waals surface area (Å²) in [6.45, 7) is 1.76. The number of furan rings is 1. The Labute approximate surface area is 138 Å². The number of hydrogen-bond donors (Lipinski definition) is 2. The minimum absolute atomic E-state index is 0.183. The minimum atomic E-state index is -0.183. The van der Waals surface area contributed by atoms with E-state index in [1.165, 1.54) is 6.26 Å². The Hall–Kier alpha value is -3.34. The van der Waals surface area contributed by atoms with Gasteiger partial charge in [-0.25, -0.2) is 4.98 Å². The normalized spacial score (nSPS) is 10.9. The maximum Gasteiger partial charge on any atom is 0.259 e. The standard InChI is InChI=1S/C19H15N3O2/c1-12-15(10-11-24-12)19(23)20-14-8-6-13(7-9-14)18-21-16-4-2-3-5-17(16)22-18/h2-11H,1H3,(H,20,23)(H,21,22). The largest absolute Gasteiger partial charge is 0.469 e. The molecule has 0 aliphatic carbocycles. The zero-order chi connectivity index (χ0) is 16.5. The van der Waals surface area contributed by atoms with Crippen molar-refractivity contribution in [3.8, 4) is 11.4 Å². The highest BCUT2D eigenvalue weighted by Gasteiger charge is 2.12. The summed E-state index contributed by atoms with van der Waals surface area (Å²) in [7, 11) is 0. The molecule has 0 saturated carbocycles. The fourth-order valence-corrected chi connectivity index (χ4v) is 2.62. The highest BCUT2D eigenvalue weighted by Crippen LogP contribution is 2.22. The van der Waals surface area contributed by atoms with E-state index in [0.29, 0.717) is 11.3 Å². The highest BCUT2D eigenvalue weighted by atomic mass is 16.3. The van der Waals surface area contributed by atoms with Crippen molar-refractivity contribution >= 4 is 22.6 Å². The van der Waals surface area contributed by atoms with Gasteiger partial charge in [-0.05, 0) is 49.4 Å². The molecule has 0 unspecified atom stereocenters. The number of imidazole rings is 1. The van der Waals surface area contributed by atoms with E-state index in [9.17, 15) is 4.79 Å². The van der Waals surface area contributed by atoms with Crippen LogP contribution in [0.4, 0.5) is 5.69 Å². The van der Waals surface area contributed by atoms with Gasteiger partial charge in [-0.1, -0.05) is 12.1 Å². The molecule has 2 N–H and O–H groups in total. The smallest absolute Gasteiger partial charge is 0.259 e. The summed E-state index contributed by atoms with van der Waals surface area (Å²) < 4.78 is 5.16. The van der Waals surface area contributed by atoms with Gasteiger partial charge in [0.2, 0.25) is 0 Å². The number of H-pyrrole nitrogens is 1. The number of anilines is 1. The Balaban J connectivity index is 1.56. The molecule has 2 aromatic heterocycles. The van der Waals surface area contributed by atoms with E-state index in [1.54, 1.807) is 13.0 Å². The molecule has 5 heteroatoms. The third-order valence-corrected chi connectivity index (χ3v) is 3.91. The second-order valence-electron chi connectivity index (χ2n) is 5.52. The lowest BCUT2D eigenvalue weighted by Gasteiger charge is -2.05. The van der Waals surface area contributed by atoms with Crippen molar-refractivity contribution in [2.45, 2.75) is 6.92 Å². The molecule has 0 bridgehead atoms. The van der Waals surface area contributed by atoms with E-state index in [2.05, 4.69) is 15.3 Å². The van der Waals surface area contributed by atoms with Crippen LogP contribution in [0.15, 0.2) is 65.3 Å². The van der Waals surface area contributed by atoms with Gasteiger partial charge < -0.3 is 14.7 Å². The molecule has 4 rings (SSSR count). The molecule has 4 aromatic rings. The molecule has 0 spiro atoms. The lowest BCUT2D eigenvalue weighted by atomic mass is 10.2. The van der Waals surface area contributed by atoms with Gasteiger partial charge in [0.1, 0.15) is 11.6 Å². The molecular formula is C19H15N3O2. The van der Waals surface area contributed by atoms with E-state index in [1.807, 2.05) is 48.5 Å². The molecule has 2 aromatic carbocycles. The number of nitrogens with zero attached hydrogens (tertiary/aromatic N) is 1. The molecule has 0 atom stereocenters. The number of aromatic nitrogens is 2. The molecule has 0 fully saturated rings. The molecule has 2 heterocycles. The van der Waals surface area contributed by atoms with Crippen molar-refractivity contribution in [1.82, 2.24) is 9.97 Å². The molecule has 0 aliphatic heterocycles. The third-order valence-electron chi connectivity index (χ3n) is 3.91. The number of hydrogen-bond acceptors (Lipinski definition) is 3. The first-order valence-electron chi connectivity index (χ1n) is 7.61. The summed E-state index contributed by atoms with van der Waals surface area (Å²) in [6.07, 6.45) is 1.51. The topological polar surface area (TPSA) is 70.9 Å². The maximum absolute atomic E-state index is 12.2. The van der Waals surface area contributed by atoms with E-state index < -0.39 is 0 Å². The van der Waals surface area contributed by atoms with E-state index in [0.717, 1.165) is 28.1 Å². The van der Waals surface area contributed by atoms with Crippen molar-refractivity contribution in [2.75, 3.05) is 5.32 Å². The van der Waals surface area contributed by atoms with Crippen LogP contribution >= 0.6 is 0 Å². The van der Waals surface area contributed by atoms with Gasteiger partial charge in [-0.15, -0.1) is 0 Å². The second kappa shape index (κ2) is 5.70. The van der Waals surface area contributed by atoms with Crippen LogP contribution in [-0.2, 0) is 0 Å². The van der Waals surface area contributed by atoms with Gasteiger partial charge >= 0.3 is 0 Å². The van der Waals surface area contributed by atoms with Gasteiger partial charge in [-0.2, -0.15) is 0 Å². The molecule has 5 nitrogen and oxygen atoms in total. The van der Waals surface area contributed by atoms with Gasteiger partial charge in [0.25, 0.3) is 5.91 Å². The van der Waals surface area contributed by atoms with Crippen LogP contribution in [0.25, 0.3) is 22.4 Å². The Bertz CT molecular complexity index is 979. The number of para-hydroxylation sites is 2. The minimum Gasteiger partial charge on any atom is -0.469 e. The monoisotopic (exact) mass is 317 g/mol. The summed E-state index contributed by atoms with van der Waals surface area (Å²) in [5.74, 6) is 1.23. The Kier molecular flexibility index (Phi) is 3.39. The number of carbonyl (C=O) groups excluding carboxylic acids is 1. The van der Waals surface area contributed by atoms with Gasteiger partial charge in [0, 0.05) is 11.3 Å². The molecular weight excluding hydrogens is 302 g/mol. The molecule has 0 saturated heterocycles. The summed E-state index contributed by atoms with van der Waals surface area (Å²) in [4.78, 5) is 20.0. The Morgan fingerprint density at radius 1 is 1.08 bits per heavy atom. The van der Waals surface area contributed by atoms with Gasteiger partial charge in [0.05, 0.1) is 22.9 Å². The number of fused-ring (bicyclic) bond motifs is 1. The summed E-state index contributed by atoms with van der Waals surface area (Å²) >= 11 is 0. The van der Waals surface area contributed by atoms with Crippen LogP contribution < -0.4 is 5.32 Å². The average molecular weight is 317 g/mol. The Morgan fingerprint density at radius 2 is 1.88 bits per heavy atom. The van der Waals surface area contributed by atoms with E-state index >= 15 is 0 Å². The average Bonchev–Trinajstić information content (AvgIpc) is 3.21. The number of carbonyl (C=O) groups is 1. The molecule has 118 valence electrons. The van der Waals surface area contributed by atoms with Crippen LogP contribution in [-0.4, -0.2) is 15.9 Å². The SMILES string of the molecule is Cc1occc1C(=O)Nc1ccc(-c2nc3ccccc3[nH]2)cc1. The molecule has 24 heavy (non-hydrogen) atoms. The van der Waals surface area contributed by atoms with Crippen molar-refractivity contribution in [2.24, 2.45) is 0 Å². The Morgan fingerprint density at radius 3 is 2.58 bits per heavy atom. The highest BCUT2D eigenvalue weighted by molar-refractivity contribution is 6.05. The van der Waals surface area contributed by atoms with E-state index in [4.69, 9.17) is 4.42 Å². The first-order valence-corrected chi connectivity index (χ1v) is 7.61. The van der Waals surface area contributed by atoms with Crippen molar-refractivity contribution in [1.29, 1.82) is 0 Å². The molecule has 0 aliphatic rings. The molecule has 0 radical (unpaired) electrons. The number of rotatable bonds is 3. The van der Waals surface area contributed by atoms with E-state index in [-0.39, 0.29) is 5.91 Å². The van der Waals surface area contributed by atoms with Gasteiger partial charge in [-0.3, -0.25) is 4.79 Å². The summed E-state index contributed by atoms with van der Waals surface area (Å²) in [6, 6.07) is 17.1. The quantitative estimate of drug-likeness (QED) is 0.589. The van der Waals surface area contributed by atoms with Crippen molar-refractivity contribution in [3.05, 3.63) is 72.2 Å². The number of aromatic amines is 1. The van der Waals surface area contributed by atoms with Crippen LogP contribution in [0.5, 0.6) is 0 Å².